The highest BCUT2D eigenvalue weighted by Crippen LogP contribution is 2.60. The summed E-state index contributed by atoms with van der Waals surface area (Å²) in [5.41, 5.74) is 0. The Morgan fingerprint density at radius 2 is 1.55 bits per heavy atom. The average Bonchev–Trinajstić information content (AvgIpc) is 3.46. The molecule has 6 aliphatic rings. The van der Waals surface area contributed by atoms with Crippen LogP contribution >= 0.6 is 0 Å². The van der Waals surface area contributed by atoms with Gasteiger partial charge < -0.3 is 25.6 Å². The summed E-state index contributed by atoms with van der Waals surface area (Å²) >= 11 is 0. The van der Waals surface area contributed by atoms with E-state index >= 15 is 8.42 Å². The summed E-state index contributed by atoms with van der Waals surface area (Å²) in [4.78, 5) is 65.1. The van der Waals surface area contributed by atoms with Crippen LogP contribution in [0.15, 0.2) is 0 Å². The van der Waals surface area contributed by atoms with Crippen LogP contribution in [-0.2, 0) is 33.8 Å². The van der Waals surface area contributed by atoms with E-state index in [0.29, 0.717) is 88.4 Å². The maximum absolute atomic E-state index is 15.4. The van der Waals surface area contributed by atoms with E-state index in [1.807, 2.05) is 13.8 Å². The first-order valence-corrected chi connectivity index (χ1v) is 18.3. The van der Waals surface area contributed by atoms with Gasteiger partial charge in [0, 0.05) is 25.9 Å². The Bertz CT molecular complexity index is 1220. The molecule has 3 N–H and O–H groups in total. The van der Waals surface area contributed by atoms with Gasteiger partial charge in [-0.1, -0.05) is 13.8 Å². The van der Waals surface area contributed by atoms with Gasteiger partial charge in [-0.15, -0.1) is 0 Å². The van der Waals surface area contributed by atoms with Crippen molar-refractivity contribution in [3.8, 4) is 0 Å². The zero-order chi connectivity index (χ0) is 31.7. The van der Waals surface area contributed by atoms with E-state index < -0.39 is 49.3 Å². The summed E-state index contributed by atoms with van der Waals surface area (Å²) in [6.45, 7) is 4.17. The van der Waals surface area contributed by atoms with Gasteiger partial charge in [-0.05, 0) is 107 Å². The molecule has 4 aliphatic carbocycles. The fourth-order valence-electron chi connectivity index (χ4n) is 9.08. The number of nitrogens with one attached hydrogen (secondary N) is 3. The Morgan fingerprint density at radius 3 is 2.14 bits per heavy atom. The minimum Gasteiger partial charge on any atom is -0.356 e. The Kier molecular flexibility index (Phi) is 9.78. The van der Waals surface area contributed by atoms with Gasteiger partial charge in [-0.25, -0.2) is 8.42 Å². The highest BCUT2D eigenvalue weighted by molar-refractivity contribution is 7.95. The van der Waals surface area contributed by atoms with Crippen molar-refractivity contribution in [3.63, 3.8) is 0 Å². The summed E-state index contributed by atoms with van der Waals surface area (Å²) < 4.78 is 29.6. The molecule has 6 rings (SSSR count). The van der Waals surface area contributed by atoms with Gasteiger partial charge in [0.2, 0.25) is 22.6 Å². The second-order valence-corrected chi connectivity index (χ2v) is 17.1. The molecule has 4 bridgehead atoms. The molecular formula is C32H50N4O7S. The maximum Gasteiger partial charge on any atom is 0.264 e. The van der Waals surface area contributed by atoms with Crippen LogP contribution in [0.2, 0.25) is 0 Å². The van der Waals surface area contributed by atoms with Crippen LogP contribution in [0.4, 0.5) is 0 Å². The van der Waals surface area contributed by atoms with Gasteiger partial charge in [0.05, 0.1) is 10.8 Å². The molecule has 4 saturated carbocycles. The third-order valence-corrected chi connectivity index (χ3v) is 14.1. The highest BCUT2D eigenvalue weighted by Gasteiger charge is 2.66. The number of carbonyl (C=O) groups excluding carboxylic acids is 5. The largest absolute Gasteiger partial charge is 0.356 e. The standard InChI is InChI=1S/C32H50N4O7S/c1-21(2)25(20-37)34-29(40)26-8-7-13-36(26)30(41)32(11-5-6-12-33-27(38)9-3-4-10-28(39)35-32)44(42,43)31-17-22-14-23(18-31)16-24(15-22)19-31/h20-26H,3-19H2,1-2H3,(H,33,38)(H,34,40)(H,35,39)/t22?,23?,24?,25-,26+,31?,32-/m1/s1. The number of amides is 4. The lowest BCUT2D eigenvalue weighted by Gasteiger charge is -2.58. The van der Waals surface area contributed by atoms with E-state index in [0.717, 1.165) is 19.3 Å². The van der Waals surface area contributed by atoms with Crippen molar-refractivity contribution in [1.29, 1.82) is 0 Å². The molecule has 0 aromatic heterocycles. The van der Waals surface area contributed by atoms with Gasteiger partial charge in [-0.3, -0.25) is 19.2 Å². The van der Waals surface area contributed by atoms with E-state index in [4.69, 9.17) is 0 Å². The number of carbonyl (C=O) groups is 5. The number of rotatable bonds is 7. The first-order chi connectivity index (χ1) is 20.9. The molecule has 0 radical (unpaired) electrons. The molecule has 3 atom stereocenters. The number of aldehydes is 1. The summed E-state index contributed by atoms with van der Waals surface area (Å²) in [5.74, 6) is -1.10. The van der Waals surface area contributed by atoms with Gasteiger partial charge in [0.1, 0.15) is 12.3 Å². The van der Waals surface area contributed by atoms with Crippen LogP contribution in [0.1, 0.15) is 110 Å². The molecule has 2 aliphatic heterocycles. The fourth-order valence-corrected chi connectivity index (χ4v) is 12.2. The molecule has 0 aromatic rings. The monoisotopic (exact) mass is 634 g/mol. The minimum atomic E-state index is -4.31. The van der Waals surface area contributed by atoms with Crippen LogP contribution in [0.3, 0.4) is 0 Å². The highest BCUT2D eigenvalue weighted by atomic mass is 32.2. The van der Waals surface area contributed by atoms with Gasteiger partial charge in [0.25, 0.3) is 5.91 Å². The van der Waals surface area contributed by atoms with Crippen LogP contribution in [-0.4, -0.2) is 78.0 Å². The van der Waals surface area contributed by atoms with Crippen molar-refractivity contribution < 1.29 is 32.4 Å². The lowest BCUT2D eigenvalue weighted by atomic mass is 9.56. The van der Waals surface area contributed by atoms with Crippen molar-refractivity contribution in [2.75, 3.05) is 13.1 Å². The third-order valence-electron chi connectivity index (χ3n) is 11.0. The molecule has 12 heteroatoms. The van der Waals surface area contributed by atoms with Crippen LogP contribution in [0.25, 0.3) is 0 Å². The van der Waals surface area contributed by atoms with Crippen molar-refractivity contribution in [1.82, 2.24) is 20.9 Å². The lowest BCUT2D eigenvalue weighted by molar-refractivity contribution is -0.143. The van der Waals surface area contributed by atoms with Crippen LogP contribution in [0.5, 0.6) is 0 Å². The molecular weight excluding hydrogens is 584 g/mol. The second kappa shape index (κ2) is 13.1. The van der Waals surface area contributed by atoms with Crippen LogP contribution in [0, 0.1) is 23.7 Å². The van der Waals surface area contributed by atoms with Crippen molar-refractivity contribution >= 4 is 39.8 Å². The summed E-state index contributed by atoms with van der Waals surface area (Å²) in [5, 5.41) is 8.47. The molecule has 0 spiro atoms. The lowest BCUT2D eigenvalue weighted by Crippen LogP contribution is -2.71. The second-order valence-electron chi connectivity index (χ2n) is 14.6. The third kappa shape index (κ3) is 6.16. The predicted molar refractivity (Wildman–Crippen MR) is 164 cm³/mol. The van der Waals surface area contributed by atoms with E-state index in [1.54, 1.807) is 0 Å². The molecule has 2 heterocycles. The van der Waals surface area contributed by atoms with Crippen molar-refractivity contribution in [3.05, 3.63) is 0 Å². The van der Waals surface area contributed by atoms with E-state index in [1.165, 1.54) is 4.90 Å². The molecule has 44 heavy (non-hydrogen) atoms. The van der Waals surface area contributed by atoms with Crippen molar-refractivity contribution in [2.45, 2.75) is 132 Å². The normalized spacial score (nSPS) is 35.6. The zero-order valence-electron chi connectivity index (χ0n) is 26.3. The zero-order valence-corrected chi connectivity index (χ0v) is 27.1. The first kappa shape index (κ1) is 32.9. The van der Waals surface area contributed by atoms with E-state index in [-0.39, 0.29) is 37.6 Å². The summed E-state index contributed by atoms with van der Waals surface area (Å²) in [6.07, 6.45) is 7.85. The molecule has 2 saturated heterocycles. The van der Waals surface area contributed by atoms with Crippen LogP contribution < -0.4 is 16.0 Å². The number of nitrogens with zero attached hydrogens (tertiary/aromatic N) is 1. The smallest absolute Gasteiger partial charge is 0.264 e. The molecule has 0 aromatic carbocycles. The fraction of sp³-hybridized carbons (Fsp3) is 0.844. The average molecular weight is 635 g/mol. The van der Waals surface area contributed by atoms with Gasteiger partial charge in [-0.2, -0.15) is 0 Å². The first-order valence-electron chi connectivity index (χ1n) is 16.8. The molecule has 246 valence electrons. The number of likely N-dealkylation sites (tertiary alicyclic amines) is 1. The number of hydrogen-bond acceptors (Lipinski definition) is 7. The summed E-state index contributed by atoms with van der Waals surface area (Å²) in [7, 11) is -4.31. The Morgan fingerprint density at radius 1 is 0.932 bits per heavy atom. The quantitative estimate of drug-likeness (QED) is 0.363. The molecule has 4 amide bonds. The topological polar surface area (TPSA) is 159 Å². The summed E-state index contributed by atoms with van der Waals surface area (Å²) in [6, 6.07) is -1.67. The van der Waals surface area contributed by atoms with Gasteiger partial charge >= 0.3 is 0 Å². The number of sulfone groups is 1. The van der Waals surface area contributed by atoms with E-state index in [2.05, 4.69) is 16.0 Å². The predicted octanol–water partition coefficient (Wildman–Crippen LogP) is 2.37. The Labute approximate surface area is 261 Å². The molecule has 6 fully saturated rings. The molecule has 0 unspecified atom stereocenters. The van der Waals surface area contributed by atoms with E-state index in [9.17, 15) is 24.0 Å². The SMILES string of the molecule is CC(C)[C@@H](C=O)NC(=O)[C@@H]1CCCN1C(=O)[C@]1(S(=O)(=O)C23CC4CC(CC(C4)C2)C3)CCCCNC(=O)CCCCC(=O)N1. The number of hydrogen-bond donors (Lipinski definition) is 3. The van der Waals surface area contributed by atoms with Crippen molar-refractivity contribution in [2.24, 2.45) is 23.7 Å². The van der Waals surface area contributed by atoms with Gasteiger partial charge in [0.15, 0.2) is 9.84 Å². The maximum atomic E-state index is 15.4. The molecule has 11 nitrogen and oxygen atoms in total. The minimum absolute atomic E-state index is 0.00196. The Balaban J connectivity index is 1.54. The Hall–Kier alpha value is -2.50.